The SMILES string of the molecule is N#Cc1ccc2c(c1)nc(NC(=O)c1cccnc1)n2CCc1ccc(P(=O)(O)O)cc1. The first kappa shape index (κ1) is 21.4. The highest BCUT2D eigenvalue weighted by molar-refractivity contribution is 7.60. The Morgan fingerprint density at radius 3 is 2.59 bits per heavy atom. The minimum Gasteiger partial charge on any atom is -0.321 e. The summed E-state index contributed by atoms with van der Waals surface area (Å²) < 4.78 is 13.2. The molecule has 2 aromatic carbocycles. The van der Waals surface area contributed by atoms with Crippen molar-refractivity contribution in [2.45, 2.75) is 13.0 Å². The molecule has 0 aliphatic carbocycles. The lowest BCUT2D eigenvalue weighted by atomic mass is 10.1. The van der Waals surface area contributed by atoms with E-state index in [-0.39, 0.29) is 11.2 Å². The van der Waals surface area contributed by atoms with Crippen LogP contribution in [0.1, 0.15) is 21.5 Å². The van der Waals surface area contributed by atoms with Gasteiger partial charge in [-0.1, -0.05) is 12.1 Å². The van der Waals surface area contributed by atoms with E-state index in [0.717, 1.165) is 11.1 Å². The van der Waals surface area contributed by atoms with Crippen LogP contribution >= 0.6 is 7.60 Å². The Morgan fingerprint density at radius 2 is 1.94 bits per heavy atom. The summed E-state index contributed by atoms with van der Waals surface area (Å²) in [5.41, 5.74) is 3.03. The first-order valence-corrected chi connectivity index (χ1v) is 11.2. The van der Waals surface area contributed by atoms with Crippen molar-refractivity contribution in [3.05, 3.63) is 83.7 Å². The number of benzene rings is 2. The van der Waals surface area contributed by atoms with E-state index in [1.165, 1.54) is 18.3 Å². The lowest BCUT2D eigenvalue weighted by Gasteiger charge is -2.11. The van der Waals surface area contributed by atoms with E-state index >= 15 is 0 Å². The molecule has 32 heavy (non-hydrogen) atoms. The lowest BCUT2D eigenvalue weighted by molar-refractivity contribution is 0.102. The molecule has 2 aromatic heterocycles. The first-order chi connectivity index (χ1) is 15.3. The smallest absolute Gasteiger partial charge is 0.321 e. The molecule has 0 radical (unpaired) electrons. The third-order valence-corrected chi connectivity index (χ3v) is 5.89. The van der Waals surface area contributed by atoms with E-state index in [9.17, 15) is 24.4 Å². The zero-order chi connectivity index (χ0) is 22.7. The topological polar surface area (TPSA) is 141 Å². The number of aryl methyl sites for hydroxylation is 2. The van der Waals surface area contributed by atoms with Gasteiger partial charge in [0.15, 0.2) is 0 Å². The molecule has 0 fully saturated rings. The fraction of sp³-hybridized carbons (Fsp3) is 0.0909. The highest BCUT2D eigenvalue weighted by Crippen LogP contribution is 2.33. The van der Waals surface area contributed by atoms with E-state index < -0.39 is 7.60 Å². The molecule has 0 aliphatic rings. The Bertz CT molecular complexity index is 1370. The molecule has 9 nitrogen and oxygen atoms in total. The van der Waals surface area contributed by atoms with Crippen LogP contribution in [0.4, 0.5) is 5.95 Å². The van der Waals surface area contributed by atoms with E-state index in [0.29, 0.717) is 35.6 Å². The standard InChI is InChI=1S/C22H18N5O4P/c23-13-16-5-8-20-19(12-16)25-22(26-21(28)17-2-1-10-24-14-17)27(20)11-9-15-3-6-18(7-4-15)32(29,30)31/h1-8,10,12,14H,9,11H2,(H,25,26,28)(H2,29,30,31). The number of imidazole rings is 1. The summed E-state index contributed by atoms with van der Waals surface area (Å²) in [6.07, 6.45) is 3.56. The second kappa shape index (κ2) is 8.73. The lowest BCUT2D eigenvalue weighted by Crippen LogP contribution is -2.16. The summed E-state index contributed by atoms with van der Waals surface area (Å²) >= 11 is 0. The van der Waals surface area contributed by atoms with Crippen LogP contribution < -0.4 is 10.6 Å². The average Bonchev–Trinajstić information content (AvgIpc) is 3.13. The predicted molar refractivity (Wildman–Crippen MR) is 118 cm³/mol. The molecule has 0 aliphatic heterocycles. The molecular formula is C22H18N5O4P. The predicted octanol–water partition coefficient (Wildman–Crippen LogP) is 2.60. The van der Waals surface area contributed by atoms with Crippen molar-refractivity contribution < 1.29 is 19.1 Å². The number of fused-ring (bicyclic) bond motifs is 1. The summed E-state index contributed by atoms with van der Waals surface area (Å²) in [5.74, 6) is -0.0306. The van der Waals surface area contributed by atoms with Crippen molar-refractivity contribution in [2.75, 3.05) is 5.32 Å². The summed E-state index contributed by atoms with van der Waals surface area (Å²) in [6, 6.07) is 16.6. The average molecular weight is 447 g/mol. The van der Waals surface area contributed by atoms with Crippen molar-refractivity contribution in [1.29, 1.82) is 5.26 Å². The van der Waals surface area contributed by atoms with Crippen LogP contribution in [0.25, 0.3) is 11.0 Å². The monoisotopic (exact) mass is 447 g/mol. The molecule has 4 aromatic rings. The highest BCUT2D eigenvalue weighted by Gasteiger charge is 2.17. The molecule has 2 heterocycles. The molecule has 3 N–H and O–H groups in total. The summed E-state index contributed by atoms with van der Waals surface area (Å²) in [7, 11) is -4.29. The number of nitrogens with zero attached hydrogens (tertiary/aromatic N) is 4. The molecule has 0 saturated carbocycles. The number of nitriles is 1. The maximum atomic E-state index is 12.6. The van der Waals surface area contributed by atoms with E-state index in [4.69, 9.17) is 0 Å². The van der Waals surface area contributed by atoms with Gasteiger partial charge >= 0.3 is 7.60 Å². The van der Waals surface area contributed by atoms with E-state index in [1.54, 1.807) is 48.7 Å². The van der Waals surface area contributed by atoms with E-state index in [1.807, 2.05) is 4.57 Å². The Morgan fingerprint density at radius 1 is 1.16 bits per heavy atom. The van der Waals surface area contributed by atoms with Gasteiger partial charge in [0.2, 0.25) is 5.95 Å². The van der Waals surface area contributed by atoms with Gasteiger partial charge in [0.1, 0.15) is 0 Å². The molecule has 0 atom stereocenters. The van der Waals surface area contributed by atoms with Gasteiger partial charge in [0.05, 0.1) is 33.5 Å². The van der Waals surface area contributed by atoms with Gasteiger partial charge in [-0.25, -0.2) is 4.98 Å². The van der Waals surface area contributed by atoms with Crippen LogP contribution in [-0.4, -0.2) is 30.2 Å². The fourth-order valence-electron chi connectivity index (χ4n) is 3.29. The Balaban J connectivity index is 1.64. The third-order valence-electron chi connectivity index (χ3n) is 4.92. The number of anilines is 1. The van der Waals surface area contributed by atoms with Crippen LogP contribution in [0.3, 0.4) is 0 Å². The van der Waals surface area contributed by atoms with Crippen molar-refractivity contribution in [1.82, 2.24) is 14.5 Å². The minimum absolute atomic E-state index is 0.0391. The minimum atomic E-state index is -4.29. The number of rotatable bonds is 6. The van der Waals surface area contributed by atoms with Gasteiger partial charge in [-0.2, -0.15) is 5.26 Å². The molecule has 1 amide bonds. The van der Waals surface area contributed by atoms with Crippen LogP contribution in [-0.2, 0) is 17.5 Å². The number of carbonyl (C=O) groups is 1. The zero-order valence-corrected chi connectivity index (χ0v) is 17.6. The number of hydrogen-bond donors (Lipinski definition) is 3. The van der Waals surface area contributed by atoms with Crippen LogP contribution in [0.15, 0.2) is 67.0 Å². The number of hydrogen-bond acceptors (Lipinski definition) is 5. The van der Waals surface area contributed by atoms with Crippen LogP contribution in [0.5, 0.6) is 0 Å². The summed E-state index contributed by atoms with van der Waals surface area (Å²) in [5, 5.41) is 11.9. The number of amides is 1. The van der Waals surface area contributed by atoms with Crippen molar-refractivity contribution in [2.24, 2.45) is 0 Å². The first-order valence-electron chi connectivity index (χ1n) is 9.62. The zero-order valence-electron chi connectivity index (χ0n) is 16.7. The van der Waals surface area contributed by atoms with Crippen molar-refractivity contribution in [3.8, 4) is 6.07 Å². The van der Waals surface area contributed by atoms with Gasteiger partial charge in [-0.3, -0.25) is 19.7 Å². The third kappa shape index (κ3) is 4.58. The van der Waals surface area contributed by atoms with Crippen LogP contribution in [0.2, 0.25) is 0 Å². The molecule has 0 unspecified atom stereocenters. The Kier molecular flexibility index (Phi) is 5.84. The largest absolute Gasteiger partial charge is 0.356 e. The van der Waals surface area contributed by atoms with Gasteiger partial charge < -0.3 is 14.4 Å². The highest BCUT2D eigenvalue weighted by atomic mass is 31.2. The molecule has 0 saturated heterocycles. The fourth-order valence-corrected chi connectivity index (χ4v) is 3.83. The molecule has 160 valence electrons. The maximum absolute atomic E-state index is 12.6. The number of pyridine rings is 1. The van der Waals surface area contributed by atoms with Crippen molar-refractivity contribution in [3.63, 3.8) is 0 Å². The Hall–Kier alpha value is -3.83. The molecular weight excluding hydrogens is 429 g/mol. The molecule has 10 heteroatoms. The molecule has 0 spiro atoms. The normalized spacial score (nSPS) is 11.3. The molecule has 0 bridgehead atoms. The van der Waals surface area contributed by atoms with Gasteiger partial charge in [-0.15, -0.1) is 0 Å². The van der Waals surface area contributed by atoms with Gasteiger partial charge in [0.25, 0.3) is 5.91 Å². The summed E-state index contributed by atoms with van der Waals surface area (Å²) in [6.45, 7) is 0.445. The summed E-state index contributed by atoms with van der Waals surface area (Å²) in [4.78, 5) is 39.6. The quantitative estimate of drug-likeness (QED) is 0.386. The van der Waals surface area contributed by atoms with Crippen LogP contribution in [0, 0.1) is 11.3 Å². The number of carbonyl (C=O) groups excluding carboxylic acids is 1. The molecule has 4 rings (SSSR count). The van der Waals surface area contributed by atoms with Gasteiger partial charge in [0, 0.05) is 18.9 Å². The van der Waals surface area contributed by atoms with Crippen molar-refractivity contribution >= 4 is 35.8 Å². The van der Waals surface area contributed by atoms with Gasteiger partial charge in [-0.05, 0) is 54.4 Å². The Labute approximate surface area is 183 Å². The second-order valence-electron chi connectivity index (χ2n) is 7.06. The second-order valence-corrected chi connectivity index (χ2v) is 8.66. The maximum Gasteiger partial charge on any atom is 0.356 e. The number of nitrogens with one attached hydrogen (secondary N) is 1. The van der Waals surface area contributed by atoms with E-state index in [2.05, 4.69) is 21.4 Å². The number of aromatic nitrogens is 3.